The Labute approximate surface area is 60.2 Å². The maximum atomic E-state index is 0. The van der Waals surface area contributed by atoms with Crippen molar-refractivity contribution in [1.82, 2.24) is 0 Å². The highest BCUT2D eigenvalue weighted by molar-refractivity contribution is 5.86. The van der Waals surface area contributed by atoms with Crippen LogP contribution in [0, 0.1) is 0 Å². The Morgan fingerprint density at radius 3 is 0.600 bits per heavy atom. The van der Waals surface area contributed by atoms with Crippen molar-refractivity contribution in [2.75, 3.05) is 0 Å². The molecule has 0 unspecified atom stereocenters. The fourth-order valence-electron chi connectivity index (χ4n) is 0. The van der Waals surface area contributed by atoms with Crippen LogP contribution in [0.1, 0.15) is 0 Å². The molecule has 0 heterocycles. The molecule has 0 N–H and O–H groups in total. The van der Waals surface area contributed by atoms with Crippen molar-refractivity contribution in [2.24, 2.45) is 0 Å². The Hall–Kier alpha value is 1.36. The third kappa shape index (κ3) is 32.7. The normalized spacial score (nSPS) is 0. The maximum absolute atomic E-state index is 0. The third-order valence-electron chi connectivity index (χ3n) is 0. The molecule has 0 rings (SSSR count). The Kier molecular flexibility index (Phi) is 1080. The van der Waals surface area contributed by atoms with E-state index in [0.29, 0.717) is 0 Å². The van der Waals surface area contributed by atoms with E-state index in [-0.39, 0.29) is 60.1 Å². The van der Waals surface area contributed by atoms with Crippen molar-refractivity contribution < 1.29 is 5.48 Å². The lowest BCUT2D eigenvalue weighted by molar-refractivity contribution is 0.686. The molecule has 0 saturated heterocycles. The van der Waals surface area contributed by atoms with Crippen molar-refractivity contribution in [3.05, 3.63) is 0 Å². The van der Waals surface area contributed by atoms with Gasteiger partial charge in [-0.3, -0.25) is 0 Å². The van der Waals surface area contributed by atoms with Crippen LogP contribution in [0.3, 0.4) is 0 Å². The summed E-state index contributed by atoms with van der Waals surface area (Å²) in [6, 6.07) is 0. The smallest absolute Gasteiger partial charge is 0.147 e. The highest BCUT2D eigenvalue weighted by Crippen LogP contribution is 0.692. The summed E-state index contributed by atoms with van der Waals surface area (Å²) in [4.78, 5) is 0. The molecule has 0 aliphatic heterocycles. The molecule has 5 heteroatoms. The van der Waals surface area contributed by atoms with Gasteiger partial charge in [-0.05, 0) is 0 Å². The lowest BCUT2D eigenvalue weighted by Gasteiger charge is -0.148. The highest BCUT2D eigenvalue weighted by atomic mass is 35.5. The average Bonchev–Trinajstić information content (AvgIpc) is 0. The van der Waals surface area contributed by atoms with E-state index in [9.17, 15) is 0 Å². The minimum absolute atomic E-state index is 0. The minimum atomic E-state index is 0. The lowest BCUT2D eigenvalue weighted by Crippen LogP contribution is -0.381. The zero-order valence-corrected chi connectivity index (χ0v) is 4.08. The van der Waals surface area contributed by atoms with Gasteiger partial charge in [0.15, 0.2) is 17.4 Å². The van der Waals surface area contributed by atoms with Crippen LogP contribution in [-0.2, 0) is 5.48 Å². The Morgan fingerprint density at radius 2 is 0.600 bits per heavy atom. The molecule has 0 atom stereocenters. The topological polar surface area (TPSA) is 28.5 Å². The SMILES string of the molecule is Cl.Cl.Cl.[AlH3].[O]. The van der Waals surface area contributed by atoms with E-state index in [2.05, 4.69) is 0 Å². The summed E-state index contributed by atoms with van der Waals surface area (Å²) in [5.41, 5.74) is 0. The van der Waals surface area contributed by atoms with Gasteiger partial charge in [-0.15, -0.1) is 37.2 Å². The molecule has 1 nitrogen and oxygen atoms in total. The number of halogens is 3. The second-order valence-electron chi connectivity index (χ2n) is 0. The van der Waals surface area contributed by atoms with Crippen LogP contribution in [0.4, 0.5) is 0 Å². The Morgan fingerprint density at radius 1 is 0.600 bits per heavy atom. The summed E-state index contributed by atoms with van der Waals surface area (Å²) in [7, 11) is 0. The van der Waals surface area contributed by atoms with Crippen LogP contribution in [0.25, 0.3) is 0 Å². The van der Waals surface area contributed by atoms with E-state index < -0.39 is 0 Å². The standard InChI is InChI=1S/Al.3ClH.O.3H/h;3*1H;;;;. The van der Waals surface area contributed by atoms with E-state index in [1.54, 1.807) is 0 Å². The summed E-state index contributed by atoms with van der Waals surface area (Å²) in [5, 5.41) is 0. The van der Waals surface area contributed by atoms with Gasteiger partial charge in [0.05, 0.1) is 0 Å². The van der Waals surface area contributed by atoms with Crippen LogP contribution >= 0.6 is 37.2 Å². The monoisotopic (exact) mass is 154 g/mol. The molecular formula is H6AlCl3O. The molecule has 0 aromatic heterocycles. The van der Waals surface area contributed by atoms with Crippen molar-refractivity contribution >= 4 is 54.6 Å². The summed E-state index contributed by atoms with van der Waals surface area (Å²) < 4.78 is 0. The fraction of sp³-hybridized carbons (Fsp3) is 0. The van der Waals surface area contributed by atoms with Gasteiger partial charge in [-0.2, -0.15) is 0 Å². The zero-order valence-electron chi connectivity index (χ0n) is 1.63. The summed E-state index contributed by atoms with van der Waals surface area (Å²) in [6.07, 6.45) is 0. The predicted octanol–water partition coefficient (Wildman–Crippen LogP) is -0.0373. The molecular weight excluding hydrogens is 149 g/mol. The number of hydrogen-bond donors (Lipinski definition) is 0. The second-order valence-corrected chi connectivity index (χ2v) is 0. The van der Waals surface area contributed by atoms with Gasteiger partial charge in [-0.1, -0.05) is 0 Å². The first kappa shape index (κ1) is 98.6. The van der Waals surface area contributed by atoms with Crippen molar-refractivity contribution in [2.45, 2.75) is 0 Å². The van der Waals surface area contributed by atoms with Gasteiger partial charge in [-0.25, -0.2) is 0 Å². The van der Waals surface area contributed by atoms with Gasteiger partial charge in [0.2, 0.25) is 0 Å². The summed E-state index contributed by atoms with van der Waals surface area (Å²) in [6.45, 7) is 0. The summed E-state index contributed by atoms with van der Waals surface area (Å²) in [5.74, 6) is 0. The predicted molar refractivity (Wildman–Crippen MR) is 32.4 cm³/mol. The fourth-order valence-corrected chi connectivity index (χ4v) is 0. The van der Waals surface area contributed by atoms with Crippen LogP contribution in [0.5, 0.6) is 0 Å². The molecule has 0 aromatic carbocycles. The van der Waals surface area contributed by atoms with Crippen LogP contribution in [-0.4, -0.2) is 17.4 Å². The molecule has 0 bridgehead atoms. The summed E-state index contributed by atoms with van der Waals surface area (Å²) >= 11 is 0. The van der Waals surface area contributed by atoms with Gasteiger partial charge in [0.25, 0.3) is 0 Å². The Balaban J connectivity index is 0. The molecule has 5 heavy (non-hydrogen) atoms. The first-order chi connectivity index (χ1) is 0. The van der Waals surface area contributed by atoms with Crippen molar-refractivity contribution in [1.29, 1.82) is 0 Å². The zero-order chi connectivity index (χ0) is 0. The van der Waals surface area contributed by atoms with Crippen LogP contribution in [0.2, 0.25) is 0 Å². The van der Waals surface area contributed by atoms with E-state index in [1.165, 1.54) is 0 Å². The van der Waals surface area contributed by atoms with Crippen molar-refractivity contribution in [3.63, 3.8) is 0 Å². The Bertz CT molecular complexity index is 6.85. The molecule has 0 amide bonds. The van der Waals surface area contributed by atoms with Gasteiger partial charge in [0, 0.05) is 5.48 Å². The van der Waals surface area contributed by atoms with Gasteiger partial charge < -0.3 is 0 Å². The number of hydrogen-bond acceptors (Lipinski definition) is 0. The first-order valence-electron chi connectivity index (χ1n) is 0. The highest BCUT2D eigenvalue weighted by Gasteiger charge is 0.187. The molecule has 0 fully saturated rings. The minimum Gasteiger partial charge on any atom is -0.147 e. The molecule has 0 aliphatic rings. The average molecular weight is 155 g/mol. The molecule has 0 saturated carbocycles. The second kappa shape index (κ2) is 55.0. The van der Waals surface area contributed by atoms with E-state index >= 15 is 0 Å². The maximum Gasteiger partial charge on any atom is 0.187 e. The van der Waals surface area contributed by atoms with Gasteiger partial charge >= 0.3 is 0 Å². The third-order valence-corrected chi connectivity index (χ3v) is 0. The first-order valence-corrected chi connectivity index (χ1v) is 0. The van der Waals surface area contributed by atoms with E-state index in [1.807, 2.05) is 0 Å². The van der Waals surface area contributed by atoms with E-state index in [0.717, 1.165) is 0 Å². The quantitative estimate of drug-likeness (QED) is 0.439. The largest absolute Gasteiger partial charge is 0.187 e. The van der Waals surface area contributed by atoms with E-state index in [4.69, 9.17) is 0 Å². The van der Waals surface area contributed by atoms with Crippen LogP contribution < -0.4 is 0 Å². The van der Waals surface area contributed by atoms with Crippen LogP contribution in [0.15, 0.2) is 0 Å². The van der Waals surface area contributed by atoms with Gasteiger partial charge in [0.1, 0.15) is 0 Å². The molecule has 0 aliphatic carbocycles. The molecule has 36 valence electrons. The lowest BCUT2D eigenvalue weighted by atomic mass is 16.0. The van der Waals surface area contributed by atoms with Crippen molar-refractivity contribution in [3.8, 4) is 0 Å². The number of rotatable bonds is 0. The molecule has 0 spiro atoms. The molecule has 0 aromatic rings. The molecule has 2 radical (unpaired) electrons.